The summed E-state index contributed by atoms with van der Waals surface area (Å²) in [7, 11) is 0. The topological polar surface area (TPSA) is 0 Å². The predicted molar refractivity (Wildman–Crippen MR) is 147 cm³/mol. The Morgan fingerprint density at radius 1 is 0.444 bits per heavy atom. The van der Waals surface area contributed by atoms with Gasteiger partial charge in [0.1, 0.15) is 0 Å². The fourth-order valence-electron chi connectivity index (χ4n) is 10.0. The first-order valence-electron chi connectivity index (χ1n) is 14.2. The standard InChI is InChI=1S/C36H32/c1-3-11-30-24(7-1)20-26-9-5-13-32(34(26)30)36(28-16-22-15-23(18-28)19-29(36)17-22)33-14-6-10-27-21-25-8-2-4-12-31(25)35(27)33/h1-14,22-23,28-29H,15-21H2. The molecule has 0 radical (unpaired) electrons. The van der Waals surface area contributed by atoms with Gasteiger partial charge in [0.2, 0.25) is 0 Å². The van der Waals surface area contributed by atoms with Crippen LogP contribution in [0, 0.1) is 23.7 Å². The molecule has 36 heavy (non-hydrogen) atoms. The van der Waals surface area contributed by atoms with Crippen molar-refractivity contribution in [3.63, 3.8) is 0 Å². The van der Waals surface area contributed by atoms with Crippen molar-refractivity contribution in [1.82, 2.24) is 0 Å². The minimum Gasteiger partial charge on any atom is -0.0619 e. The molecule has 0 aliphatic heterocycles. The van der Waals surface area contributed by atoms with E-state index < -0.39 is 0 Å². The summed E-state index contributed by atoms with van der Waals surface area (Å²) in [5, 5.41) is 0. The maximum atomic E-state index is 2.56. The maximum absolute atomic E-state index is 2.56. The van der Waals surface area contributed by atoms with Crippen LogP contribution in [0.5, 0.6) is 0 Å². The average molecular weight is 465 g/mol. The maximum Gasteiger partial charge on any atom is 0.0272 e. The summed E-state index contributed by atoms with van der Waals surface area (Å²) in [4.78, 5) is 0. The summed E-state index contributed by atoms with van der Waals surface area (Å²) in [6.45, 7) is 0. The van der Waals surface area contributed by atoms with E-state index in [1.165, 1.54) is 54.4 Å². The van der Waals surface area contributed by atoms with Gasteiger partial charge in [-0.05, 0) is 124 Å². The highest BCUT2D eigenvalue weighted by Crippen LogP contribution is 2.68. The van der Waals surface area contributed by atoms with Crippen LogP contribution in [0.25, 0.3) is 22.3 Å². The molecule has 4 saturated carbocycles. The molecule has 0 unspecified atom stereocenters. The molecule has 4 bridgehead atoms. The minimum absolute atomic E-state index is 0.124. The molecule has 0 N–H and O–H groups in total. The fraction of sp³-hybridized carbons (Fsp3) is 0.333. The number of rotatable bonds is 2. The summed E-state index contributed by atoms with van der Waals surface area (Å²) < 4.78 is 0. The Labute approximate surface area is 214 Å². The Morgan fingerprint density at radius 2 is 0.889 bits per heavy atom. The zero-order valence-corrected chi connectivity index (χ0v) is 20.8. The molecular formula is C36H32. The molecule has 0 aromatic heterocycles. The number of fused-ring (bicyclic) bond motifs is 6. The molecule has 10 rings (SSSR count). The molecule has 0 heteroatoms. The number of hydrogen-bond donors (Lipinski definition) is 0. The van der Waals surface area contributed by atoms with E-state index in [2.05, 4.69) is 84.9 Å². The lowest BCUT2D eigenvalue weighted by atomic mass is 9.41. The summed E-state index contributed by atoms with van der Waals surface area (Å²) in [6.07, 6.45) is 9.35. The second-order valence-electron chi connectivity index (χ2n) is 12.5. The quantitative estimate of drug-likeness (QED) is 0.241. The molecule has 4 aromatic carbocycles. The van der Waals surface area contributed by atoms with Crippen molar-refractivity contribution in [3.05, 3.63) is 118 Å². The van der Waals surface area contributed by atoms with Gasteiger partial charge in [-0.25, -0.2) is 0 Å². The Bertz CT molecular complexity index is 1430. The highest BCUT2D eigenvalue weighted by atomic mass is 14.6. The third-order valence-electron chi connectivity index (χ3n) is 11.0. The van der Waals surface area contributed by atoms with Crippen LogP contribution >= 0.6 is 0 Å². The second-order valence-corrected chi connectivity index (χ2v) is 12.5. The largest absolute Gasteiger partial charge is 0.0619 e. The molecular weight excluding hydrogens is 432 g/mol. The highest BCUT2D eigenvalue weighted by molar-refractivity contribution is 5.85. The van der Waals surface area contributed by atoms with Gasteiger partial charge in [0.05, 0.1) is 0 Å². The van der Waals surface area contributed by atoms with Crippen molar-refractivity contribution in [3.8, 4) is 22.3 Å². The SMILES string of the molecule is c1ccc2c(c1)Cc1cccc(C3(c4cccc5c4-c4ccccc4C5)C4CC5CC(C4)CC3C5)c1-2. The van der Waals surface area contributed by atoms with Gasteiger partial charge in [0, 0.05) is 5.41 Å². The van der Waals surface area contributed by atoms with E-state index >= 15 is 0 Å². The lowest BCUT2D eigenvalue weighted by molar-refractivity contribution is -0.0413. The summed E-state index contributed by atoms with van der Waals surface area (Å²) >= 11 is 0. The van der Waals surface area contributed by atoms with Gasteiger partial charge in [0.15, 0.2) is 0 Å². The van der Waals surface area contributed by atoms with Gasteiger partial charge in [-0.1, -0.05) is 84.9 Å². The molecule has 0 spiro atoms. The van der Waals surface area contributed by atoms with E-state index in [1.807, 2.05) is 0 Å². The van der Waals surface area contributed by atoms with Crippen molar-refractivity contribution in [2.75, 3.05) is 0 Å². The molecule has 4 fully saturated rings. The van der Waals surface area contributed by atoms with E-state index in [1.54, 1.807) is 33.4 Å². The smallest absolute Gasteiger partial charge is 0.0272 e. The van der Waals surface area contributed by atoms with E-state index in [4.69, 9.17) is 0 Å². The molecule has 0 amide bonds. The third kappa shape index (κ3) is 2.41. The molecule has 6 aliphatic rings. The van der Waals surface area contributed by atoms with E-state index in [-0.39, 0.29) is 5.41 Å². The van der Waals surface area contributed by atoms with Crippen LogP contribution in [-0.4, -0.2) is 0 Å². The van der Waals surface area contributed by atoms with E-state index in [0.29, 0.717) is 0 Å². The summed E-state index contributed by atoms with van der Waals surface area (Å²) in [5.41, 5.74) is 15.8. The lowest BCUT2D eigenvalue weighted by Crippen LogP contribution is -2.56. The molecule has 0 saturated heterocycles. The molecule has 176 valence electrons. The summed E-state index contributed by atoms with van der Waals surface area (Å²) in [6, 6.07) is 33.2. The van der Waals surface area contributed by atoms with Gasteiger partial charge in [0.25, 0.3) is 0 Å². The molecule has 0 heterocycles. The van der Waals surface area contributed by atoms with Crippen LogP contribution < -0.4 is 0 Å². The van der Waals surface area contributed by atoms with Crippen molar-refractivity contribution < 1.29 is 0 Å². The average Bonchev–Trinajstić information content (AvgIpc) is 3.47. The van der Waals surface area contributed by atoms with Crippen LogP contribution in [0.4, 0.5) is 0 Å². The monoisotopic (exact) mass is 464 g/mol. The van der Waals surface area contributed by atoms with Gasteiger partial charge in [-0.3, -0.25) is 0 Å². The van der Waals surface area contributed by atoms with Crippen LogP contribution in [0.15, 0.2) is 84.9 Å². The summed E-state index contributed by atoms with van der Waals surface area (Å²) in [5.74, 6) is 3.42. The number of hydrogen-bond acceptors (Lipinski definition) is 0. The normalized spacial score (nSPS) is 27.4. The first kappa shape index (κ1) is 20.0. The van der Waals surface area contributed by atoms with Gasteiger partial charge >= 0.3 is 0 Å². The van der Waals surface area contributed by atoms with Crippen molar-refractivity contribution >= 4 is 0 Å². The molecule has 0 nitrogen and oxygen atoms in total. The van der Waals surface area contributed by atoms with Gasteiger partial charge in [-0.15, -0.1) is 0 Å². The van der Waals surface area contributed by atoms with Crippen molar-refractivity contribution in [2.45, 2.75) is 50.4 Å². The van der Waals surface area contributed by atoms with Crippen LogP contribution in [0.3, 0.4) is 0 Å². The van der Waals surface area contributed by atoms with Gasteiger partial charge in [-0.2, -0.15) is 0 Å². The zero-order chi connectivity index (χ0) is 23.4. The first-order chi connectivity index (χ1) is 17.8. The van der Waals surface area contributed by atoms with Crippen LogP contribution in [-0.2, 0) is 18.3 Å². The fourth-order valence-corrected chi connectivity index (χ4v) is 10.0. The first-order valence-corrected chi connectivity index (χ1v) is 14.2. The Hall–Kier alpha value is -3.12. The van der Waals surface area contributed by atoms with E-state index in [0.717, 1.165) is 36.5 Å². The second kappa shape index (κ2) is 7.00. The van der Waals surface area contributed by atoms with E-state index in [9.17, 15) is 0 Å². The lowest BCUT2D eigenvalue weighted by Gasteiger charge is -2.62. The van der Waals surface area contributed by atoms with Crippen LogP contribution in [0.2, 0.25) is 0 Å². The van der Waals surface area contributed by atoms with Crippen LogP contribution in [0.1, 0.15) is 65.5 Å². The number of benzene rings is 4. The Kier molecular flexibility index (Phi) is 3.89. The van der Waals surface area contributed by atoms with Crippen molar-refractivity contribution in [1.29, 1.82) is 0 Å². The zero-order valence-electron chi connectivity index (χ0n) is 20.8. The van der Waals surface area contributed by atoms with Gasteiger partial charge < -0.3 is 0 Å². The Balaban J connectivity index is 1.39. The Morgan fingerprint density at radius 3 is 1.39 bits per heavy atom. The molecule has 6 aliphatic carbocycles. The molecule has 4 aromatic rings. The molecule has 0 atom stereocenters. The van der Waals surface area contributed by atoms with Crippen molar-refractivity contribution in [2.24, 2.45) is 23.7 Å². The highest BCUT2D eigenvalue weighted by Gasteiger charge is 2.60. The predicted octanol–water partition coefficient (Wildman–Crippen LogP) is 8.57. The minimum atomic E-state index is 0.124. The third-order valence-corrected chi connectivity index (χ3v) is 11.0.